The maximum Gasteiger partial charge on any atom is 0.128 e. The molecular formula is C12H17BrFN. The van der Waals surface area contributed by atoms with Crippen molar-refractivity contribution in [3.05, 3.63) is 34.1 Å². The molecule has 0 unspecified atom stereocenters. The van der Waals surface area contributed by atoms with Crippen LogP contribution in [0.5, 0.6) is 0 Å². The molecule has 1 aromatic carbocycles. The third-order valence-electron chi connectivity index (χ3n) is 2.48. The van der Waals surface area contributed by atoms with E-state index in [1.165, 1.54) is 6.07 Å². The van der Waals surface area contributed by atoms with Crippen LogP contribution in [0.15, 0.2) is 22.7 Å². The first-order valence-electron chi connectivity index (χ1n) is 5.35. The summed E-state index contributed by atoms with van der Waals surface area (Å²) in [6.07, 6.45) is 4.22. The fourth-order valence-electron chi connectivity index (χ4n) is 1.57. The van der Waals surface area contributed by atoms with Crippen molar-refractivity contribution in [2.45, 2.75) is 38.6 Å². The van der Waals surface area contributed by atoms with E-state index < -0.39 is 0 Å². The molecule has 0 fully saturated rings. The number of benzene rings is 1. The van der Waals surface area contributed by atoms with E-state index in [-0.39, 0.29) is 11.9 Å². The summed E-state index contributed by atoms with van der Waals surface area (Å²) >= 11 is 3.32. The van der Waals surface area contributed by atoms with Crippen molar-refractivity contribution in [2.24, 2.45) is 5.73 Å². The molecule has 0 amide bonds. The van der Waals surface area contributed by atoms with Crippen LogP contribution in [-0.4, -0.2) is 0 Å². The van der Waals surface area contributed by atoms with Gasteiger partial charge >= 0.3 is 0 Å². The zero-order valence-electron chi connectivity index (χ0n) is 8.97. The molecule has 0 spiro atoms. The summed E-state index contributed by atoms with van der Waals surface area (Å²) in [5.41, 5.74) is 6.56. The molecule has 84 valence electrons. The Labute approximate surface area is 99.0 Å². The lowest BCUT2D eigenvalue weighted by Crippen LogP contribution is -2.12. The number of nitrogens with two attached hydrogens (primary N) is 1. The van der Waals surface area contributed by atoms with Crippen LogP contribution < -0.4 is 5.73 Å². The lowest BCUT2D eigenvalue weighted by atomic mass is 10.0. The Morgan fingerprint density at radius 1 is 1.40 bits per heavy atom. The Bertz CT molecular complexity index is 314. The van der Waals surface area contributed by atoms with Gasteiger partial charge in [0.2, 0.25) is 0 Å². The molecule has 1 atom stereocenters. The van der Waals surface area contributed by atoms with Crippen LogP contribution in [0.1, 0.15) is 44.2 Å². The van der Waals surface area contributed by atoms with Crippen LogP contribution in [0, 0.1) is 5.82 Å². The number of rotatable bonds is 5. The first-order chi connectivity index (χ1) is 7.15. The van der Waals surface area contributed by atoms with Crippen molar-refractivity contribution >= 4 is 15.9 Å². The van der Waals surface area contributed by atoms with Crippen LogP contribution >= 0.6 is 15.9 Å². The normalized spacial score (nSPS) is 12.8. The molecule has 1 rings (SSSR count). The van der Waals surface area contributed by atoms with Gasteiger partial charge in [-0.15, -0.1) is 0 Å². The van der Waals surface area contributed by atoms with Crippen molar-refractivity contribution in [1.82, 2.24) is 0 Å². The number of hydrogen-bond donors (Lipinski definition) is 1. The van der Waals surface area contributed by atoms with E-state index in [1.54, 1.807) is 12.1 Å². The van der Waals surface area contributed by atoms with Gasteiger partial charge in [-0.05, 0) is 24.6 Å². The van der Waals surface area contributed by atoms with Gasteiger partial charge in [-0.3, -0.25) is 0 Å². The molecule has 0 aliphatic heterocycles. The molecule has 3 heteroatoms. The van der Waals surface area contributed by atoms with E-state index in [9.17, 15) is 4.39 Å². The summed E-state index contributed by atoms with van der Waals surface area (Å²) in [7, 11) is 0. The largest absolute Gasteiger partial charge is 0.324 e. The molecule has 0 aliphatic rings. The predicted molar refractivity (Wildman–Crippen MR) is 65.2 cm³/mol. The molecule has 0 aromatic heterocycles. The number of hydrogen-bond acceptors (Lipinski definition) is 1. The van der Waals surface area contributed by atoms with E-state index >= 15 is 0 Å². The standard InChI is InChI=1S/C12H17BrFN/c1-2-3-4-5-12(15)10-8-9(13)6-7-11(10)14/h6-8,12H,2-5,15H2,1H3/t12-/m1/s1. The number of halogens is 2. The quantitative estimate of drug-likeness (QED) is 0.801. The minimum absolute atomic E-state index is 0.186. The molecule has 2 N–H and O–H groups in total. The lowest BCUT2D eigenvalue weighted by Gasteiger charge is -2.12. The molecule has 0 aliphatic carbocycles. The molecule has 0 heterocycles. The second-order valence-corrected chi connectivity index (χ2v) is 4.68. The highest BCUT2D eigenvalue weighted by Gasteiger charge is 2.11. The fourth-order valence-corrected chi connectivity index (χ4v) is 1.95. The monoisotopic (exact) mass is 273 g/mol. The van der Waals surface area contributed by atoms with Crippen LogP contribution in [0.4, 0.5) is 4.39 Å². The third kappa shape index (κ3) is 3.92. The zero-order valence-corrected chi connectivity index (χ0v) is 10.6. The minimum Gasteiger partial charge on any atom is -0.324 e. The Hall–Kier alpha value is -0.410. The van der Waals surface area contributed by atoms with Crippen molar-refractivity contribution in [3.8, 4) is 0 Å². The molecular weight excluding hydrogens is 257 g/mol. The third-order valence-corrected chi connectivity index (χ3v) is 2.97. The van der Waals surface area contributed by atoms with Crippen LogP contribution in [0.2, 0.25) is 0 Å². The SMILES string of the molecule is CCCCC[C@@H](N)c1cc(Br)ccc1F. The van der Waals surface area contributed by atoms with Crippen molar-refractivity contribution in [3.63, 3.8) is 0 Å². The van der Waals surface area contributed by atoms with Gasteiger partial charge in [0.15, 0.2) is 0 Å². The molecule has 1 aromatic rings. The highest BCUT2D eigenvalue weighted by Crippen LogP contribution is 2.23. The highest BCUT2D eigenvalue weighted by molar-refractivity contribution is 9.10. The van der Waals surface area contributed by atoms with Crippen LogP contribution in [0.3, 0.4) is 0 Å². The zero-order chi connectivity index (χ0) is 11.3. The Kier molecular flexibility index (Phi) is 5.26. The fraction of sp³-hybridized carbons (Fsp3) is 0.500. The van der Waals surface area contributed by atoms with Crippen molar-refractivity contribution in [1.29, 1.82) is 0 Å². The van der Waals surface area contributed by atoms with Crippen molar-refractivity contribution in [2.75, 3.05) is 0 Å². The smallest absolute Gasteiger partial charge is 0.128 e. The van der Waals surface area contributed by atoms with E-state index in [0.29, 0.717) is 5.56 Å². The maximum atomic E-state index is 13.4. The van der Waals surface area contributed by atoms with Gasteiger partial charge in [-0.2, -0.15) is 0 Å². The predicted octanol–water partition coefficient (Wildman–Crippen LogP) is 4.17. The van der Waals surface area contributed by atoms with E-state index in [2.05, 4.69) is 22.9 Å². The van der Waals surface area contributed by atoms with Gasteiger partial charge in [0, 0.05) is 16.1 Å². The summed E-state index contributed by atoms with van der Waals surface area (Å²) in [6.45, 7) is 2.14. The van der Waals surface area contributed by atoms with Crippen LogP contribution in [-0.2, 0) is 0 Å². The summed E-state index contributed by atoms with van der Waals surface area (Å²) in [5, 5.41) is 0. The first kappa shape index (κ1) is 12.7. The summed E-state index contributed by atoms with van der Waals surface area (Å²) in [4.78, 5) is 0. The van der Waals surface area contributed by atoms with Gasteiger partial charge in [0.05, 0.1) is 0 Å². The van der Waals surface area contributed by atoms with Gasteiger partial charge in [-0.25, -0.2) is 4.39 Å². The maximum absolute atomic E-state index is 13.4. The second kappa shape index (κ2) is 6.23. The van der Waals surface area contributed by atoms with Gasteiger partial charge in [0.1, 0.15) is 5.82 Å². The molecule has 0 saturated heterocycles. The summed E-state index contributed by atoms with van der Waals surface area (Å²) < 4.78 is 14.3. The molecule has 0 saturated carbocycles. The van der Waals surface area contributed by atoms with Crippen molar-refractivity contribution < 1.29 is 4.39 Å². The molecule has 0 radical (unpaired) electrons. The molecule has 15 heavy (non-hydrogen) atoms. The van der Waals surface area contributed by atoms with Gasteiger partial charge < -0.3 is 5.73 Å². The highest BCUT2D eigenvalue weighted by atomic mass is 79.9. The Morgan fingerprint density at radius 3 is 2.80 bits per heavy atom. The van der Waals surface area contributed by atoms with E-state index in [4.69, 9.17) is 5.73 Å². The molecule has 1 nitrogen and oxygen atoms in total. The average molecular weight is 274 g/mol. The average Bonchev–Trinajstić information content (AvgIpc) is 2.22. The van der Waals surface area contributed by atoms with E-state index in [1.807, 2.05) is 0 Å². The van der Waals surface area contributed by atoms with Gasteiger partial charge in [0.25, 0.3) is 0 Å². The molecule has 0 bridgehead atoms. The topological polar surface area (TPSA) is 26.0 Å². The first-order valence-corrected chi connectivity index (χ1v) is 6.15. The minimum atomic E-state index is -0.206. The number of unbranched alkanes of at least 4 members (excludes halogenated alkanes) is 2. The summed E-state index contributed by atoms with van der Waals surface area (Å²) in [5.74, 6) is -0.206. The van der Waals surface area contributed by atoms with Gasteiger partial charge in [-0.1, -0.05) is 42.1 Å². The summed E-state index contributed by atoms with van der Waals surface area (Å²) in [6, 6.07) is 4.73. The second-order valence-electron chi connectivity index (χ2n) is 3.77. The lowest BCUT2D eigenvalue weighted by molar-refractivity contribution is 0.538. The Balaban J connectivity index is 2.64. The van der Waals surface area contributed by atoms with Crippen LogP contribution in [0.25, 0.3) is 0 Å². The van der Waals surface area contributed by atoms with E-state index in [0.717, 1.165) is 30.2 Å². The Morgan fingerprint density at radius 2 is 2.13 bits per heavy atom.